The Morgan fingerprint density at radius 1 is 1.32 bits per heavy atom. The second kappa shape index (κ2) is 5.91. The monoisotopic (exact) mass is 299 g/mol. The van der Waals surface area contributed by atoms with Crippen molar-refractivity contribution in [2.45, 2.75) is 46.0 Å². The van der Waals surface area contributed by atoms with Gasteiger partial charge < -0.3 is 9.42 Å². The molecule has 22 heavy (non-hydrogen) atoms. The van der Waals surface area contributed by atoms with E-state index in [-0.39, 0.29) is 11.8 Å². The maximum absolute atomic E-state index is 12.3. The molecule has 0 N–H and O–H groups in total. The number of rotatable bonds is 4. The summed E-state index contributed by atoms with van der Waals surface area (Å²) in [6.07, 6.45) is 2.23. The van der Waals surface area contributed by atoms with Crippen LogP contribution in [0, 0.1) is 13.8 Å². The number of anilines is 1. The first-order chi connectivity index (χ1) is 10.6. The molecule has 0 saturated carbocycles. The Morgan fingerprint density at radius 2 is 2.14 bits per heavy atom. The van der Waals surface area contributed by atoms with E-state index in [0.29, 0.717) is 18.9 Å². The molecule has 1 aromatic carbocycles. The highest BCUT2D eigenvalue weighted by Crippen LogP contribution is 2.31. The fourth-order valence-electron chi connectivity index (χ4n) is 2.77. The van der Waals surface area contributed by atoms with E-state index < -0.39 is 0 Å². The van der Waals surface area contributed by atoms with E-state index in [0.717, 1.165) is 24.4 Å². The van der Waals surface area contributed by atoms with Gasteiger partial charge in [0.2, 0.25) is 11.8 Å². The largest absolute Gasteiger partial charge is 0.339 e. The Morgan fingerprint density at radius 3 is 2.86 bits per heavy atom. The Bertz CT molecular complexity index is 693. The van der Waals surface area contributed by atoms with E-state index in [2.05, 4.69) is 43.0 Å². The molecule has 2 aromatic rings. The SMILES string of the molecule is CCCc1noc(C2CC(=O)N(c3ccc(C)c(C)c3)C2)n1. The molecule has 0 aliphatic carbocycles. The molecule has 5 nitrogen and oxygen atoms in total. The Hall–Kier alpha value is -2.17. The average Bonchev–Trinajstić information content (AvgIpc) is 3.09. The van der Waals surface area contributed by atoms with E-state index >= 15 is 0 Å². The number of carbonyl (C=O) groups is 1. The van der Waals surface area contributed by atoms with Crippen LogP contribution in [0.2, 0.25) is 0 Å². The molecule has 0 radical (unpaired) electrons. The Labute approximate surface area is 130 Å². The van der Waals surface area contributed by atoms with Gasteiger partial charge in [0.1, 0.15) is 0 Å². The lowest BCUT2D eigenvalue weighted by atomic mass is 10.1. The molecule has 2 heterocycles. The zero-order valence-electron chi connectivity index (χ0n) is 13.3. The number of hydrogen-bond donors (Lipinski definition) is 0. The van der Waals surface area contributed by atoms with Crippen LogP contribution >= 0.6 is 0 Å². The lowest BCUT2D eigenvalue weighted by Gasteiger charge is -2.17. The molecule has 1 unspecified atom stereocenters. The summed E-state index contributed by atoms with van der Waals surface area (Å²) in [6, 6.07) is 6.11. The number of aromatic nitrogens is 2. The smallest absolute Gasteiger partial charge is 0.232 e. The fraction of sp³-hybridized carbons (Fsp3) is 0.471. The van der Waals surface area contributed by atoms with Crippen molar-refractivity contribution in [3.8, 4) is 0 Å². The predicted octanol–water partition coefficient (Wildman–Crippen LogP) is 3.16. The molecule has 1 aromatic heterocycles. The van der Waals surface area contributed by atoms with Gasteiger partial charge in [-0.1, -0.05) is 18.1 Å². The molecule has 1 amide bonds. The van der Waals surface area contributed by atoms with Crippen LogP contribution in [0.5, 0.6) is 0 Å². The highest BCUT2D eigenvalue weighted by molar-refractivity contribution is 5.96. The van der Waals surface area contributed by atoms with Crippen molar-refractivity contribution in [2.24, 2.45) is 0 Å². The highest BCUT2D eigenvalue weighted by Gasteiger charge is 2.35. The van der Waals surface area contributed by atoms with Crippen LogP contribution in [0.15, 0.2) is 22.7 Å². The summed E-state index contributed by atoms with van der Waals surface area (Å²) in [6.45, 7) is 6.82. The second-order valence-electron chi connectivity index (χ2n) is 5.97. The summed E-state index contributed by atoms with van der Waals surface area (Å²) < 4.78 is 5.34. The van der Waals surface area contributed by atoms with Gasteiger partial charge in [-0.3, -0.25) is 4.79 Å². The van der Waals surface area contributed by atoms with Gasteiger partial charge in [0.15, 0.2) is 5.82 Å². The lowest BCUT2D eigenvalue weighted by molar-refractivity contribution is -0.117. The van der Waals surface area contributed by atoms with Crippen molar-refractivity contribution < 1.29 is 9.32 Å². The number of aryl methyl sites for hydroxylation is 3. The summed E-state index contributed by atoms with van der Waals surface area (Å²) in [4.78, 5) is 18.6. The molecular weight excluding hydrogens is 278 g/mol. The van der Waals surface area contributed by atoms with Crippen LogP contribution in [0.4, 0.5) is 5.69 Å². The quantitative estimate of drug-likeness (QED) is 0.870. The molecule has 1 atom stereocenters. The Balaban J connectivity index is 1.78. The van der Waals surface area contributed by atoms with Crippen molar-refractivity contribution in [1.29, 1.82) is 0 Å². The normalized spacial score (nSPS) is 18.2. The molecule has 0 bridgehead atoms. The second-order valence-corrected chi connectivity index (χ2v) is 5.97. The number of benzene rings is 1. The van der Waals surface area contributed by atoms with Crippen LogP contribution < -0.4 is 4.90 Å². The third-order valence-electron chi connectivity index (χ3n) is 4.23. The van der Waals surface area contributed by atoms with E-state index in [1.54, 1.807) is 0 Å². The fourth-order valence-corrected chi connectivity index (χ4v) is 2.77. The summed E-state index contributed by atoms with van der Waals surface area (Å²) in [7, 11) is 0. The Kier molecular flexibility index (Phi) is 3.96. The van der Waals surface area contributed by atoms with Crippen molar-refractivity contribution in [1.82, 2.24) is 10.1 Å². The first kappa shape index (κ1) is 14.8. The van der Waals surface area contributed by atoms with Crippen LogP contribution in [0.25, 0.3) is 0 Å². The van der Waals surface area contributed by atoms with Gasteiger partial charge in [-0.15, -0.1) is 0 Å². The van der Waals surface area contributed by atoms with Gasteiger partial charge in [0.25, 0.3) is 0 Å². The number of hydrogen-bond acceptors (Lipinski definition) is 4. The minimum absolute atomic E-state index is 0.00721. The van der Waals surface area contributed by atoms with Crippen LogP contribution in [0.1, 0.15) is 48.5 Å². The standard InChI is InChI=1S/C17H21N3O2/c1-4-5-15-18-17(22-19-15)13-9-16(21)20(10-13)14-7-6-11(2)12(3)8-14/h6-8,13H,4-5,9-10H2,1-3H3. The molecule has 3 rings (SSSR count). The first-order valence-corrected chi connectivity index (χ1v) is 7.78. The molecule has 1 saturated heterocycles. The summed E-state index contributed by atoms with van der Waals surface area (Å²) >= 11 is 0. The first-order valence-electron chi connectivity index (χ1n) is 7.78. The molecule has 116 valence electrons. The van der Waals surface area contributed by atoms with E-state index in [1.807, 2.05) is 11.0 Å². The number of nitrogens with zero attached hydrogens (tertiary/aromatic N) is 3. The van der Waals surface area contributed by atoms with Gasteiger partial charge in [-0.25, -0.2) is 0 Å². The van der Waals surface area contributed by atoms with Crippen molar-refractivity contribution in [2.75, 3.05) is 11.4 Å². The van der Waals surface area contributed by atoms with Crippen LogP contribution in [-0.4, -0.2) is 22.6 Å². The predicted molar refractivity (Wildman–Crippen MR) is 83.9 cm³/mol. The minimum atomic E-state index is -0.00721. The number of amides is 1. The van der Waals surface area contributed by atoms with Crippen molar-refractivity contribution in [3.05, 3.63) is 41.0 Å². The maximum Gasteiger partial charge on any atom is 0.232 e. The summed E-state index contributed by atoms with van der Waals surface area (Å²) in [5.41, 5.74) is 3.37. The van der Waals surface area contributed by atoms with Crippen LogP contribution in [-0.2, 0) is 11.2 Å². The molecular formula is C17H21N3O2. The third kappa shape index (κ3) is 2.75. The average molecular weight is 299 g/mol. The summed E-state index contributed by atoms with van der Waals surface area (Å²) in [5, 5.41) is 3.98. The van der Waals surface area contributed by atoms with E-state index in [4.69, 9.17) is 4.52 Å². The van der Waals surface area contributed by atoms with Crippen molar-refractivity contribution in [3.63, 3.8) is 0 Å². The minimum Gasteiger partial charge on any atom is -0.339 e. The highest BCUT2D eigenvalue weighted by atomic mass is 16.5. The molecule has 1 aliphatic rings. The molecule has 5 heteroatoms. The van der Waals surface area contributed by atoms with Gasteiger partial charge in [0.05, 0.1) is 5.92 Å². The number of carbonyl (C=O) groups excluding carboxylic acids is 1. The lowest BCUT2D eigenvalue weighted by Crippen LogP contribution is -2.24. The summed E-state index contributed by atoms with van der Waals surface area (Å²) in [5.74, 6) is 1.42. The van der Waals surface area contributed by atoms with Gasteiger partial charge in [0, 0.05) is 25.1 Å². The zero-order chi connectivity index (χ0) is 15.7. The topological polar surface area (TPSA) is 59.2 Å². The van der Waals surface area contributed by atoms with E-state index in [1.165, 1.54) is 11.1 Å². The van der Waals surface area contributed by atoms with Gasteiger partial charge in [-0.2, -0.15) is 4.98 Å². The van der Waals surface area contributed by atoms with Crippen LogP contribution in [0.3, 0.4) is 0 Å². The zero-order valence-corrected chi connectivity index (χ0v) is 13.3. The van der Waals surface area contributed by atoms with Crippen molar-refractivity contribution >= 4 is 11.6 Å². The maximum atomic E-state index is 12.3. The van der Waals surface area contributed by atoms with Gasteiger partial charge >= 0.3 is 0 Å². The third-order valence-corrected chi connectivity index (χ3v) is 4.23. The van der Waals surface area contributed by atoms with E-state index in [9.17, 15) is 4.79 Å². The van der Waals surface area contributed by atoms with Gasteiger partial charge in [-0.05, 0) is 43.5 Å². The molecule has 1 aliphatic heterocycles. The molecule has 1 fully saturated rings. The molecule has 0 spiro atoms.